The van der Waals surface area contributed by atoms with Crippen LogP contribution < -0.4 is 5.32 Å². The molecule has 0 saturated heterocycles. The van der Waals surface area contributed by atoms with Gasteiger partial charge in [-0.1, -0.05) is 18.2 Å². The quantitative estimate of drug-likeness (QED) is 0.623. The highest BCUT2D eigenvalue weighted by molar-refractivity contribution is 7.99. The van der Waals surface area contributed by atoms with Crippen LogP contribution in [0.4, 0.5) is 0 Å². The van der Waals surface area contributed by atoms with Crippen molar-refractivity contribution in [2.24, 2.45) is 0 Å². The average molecular weight is 381 g/mol. The van der Waals surface area contributed by atoms with Crippen LogP contribution in [0, 0.1) is 13.8 Å². The number of aryl methyl sites for hydroxylation is 2. The van der Waals surface area contributed by atoms with Crippen LogP contribution in [-0.2, 0) is 4.79 Å². The maximum absolute atomic E-state index is 12.2. The Labute approximate surface area is 164 Å². The predicted octanol–water partition coefficient (Wildman–Crippen LogP) is 4.24. The standard InChI is InChI=1S/C21H24N4OS/c1-15-4-9-20(12-16(15)2)27-11-10-21(26)24-17(3)18-5-7-19(8-6-18)25-14-22-13-23-25/h4-9,12-14,17H,10-11H2,1-3H3,(H,24,26). The minimum absolute atomic E-state index is 0.0334. The summed E-state index contributed by atoms with van der Waals surface area (Å²) in [7, 11) is 0. The molecule has 0 spiro atoms. The fraction of sp³-hybridized carbons (Fsp3) is 0.286. The second-order valence-electron chi connectivity index (χ2n) is 6.57. The van der Waals surface area contributed by atoms with E-state index in [1.165, 1.54) is 22.3 Å². The van der Waals surface area contributed by atoms with Gasteiger partial charge in [-0.05, 0) is 61.7 Å². The van der Waals surface area contributed by atoms with E-state index in [2.05, 4.69) is 47.4 Å². The molecular formula is C21H24N4OS. The highest BCUT2D eigenvalue weighted by Gasteiger charge is 2.10. The molecule has 0 fully saturated rings. The van der Waals surface area contributed by atoms with Crippen molar-refractivity contribution in [3.05, 3.63) is 71.8 Å². The van der Waals surface area contributed by atoms with Crippen molar-refractivity contribution in [2.75, 3.05) is 5.75 Å². The van der Waals surface area contributed by atoms with Crippen molar-refractivity contribution in [1.82, 2.24) is 20.1 Å². The van der Waals surface area contributed by atoms with Crippen LogP contribution in [0.15, 0.2) is 60.0 Å². The molecular weight excluding hydrogens is 356 g/mol. The second kappa shape index (κ2) is 8.86. The molecule has 0 aliphatic rings. The number of nitrogens with zero attached hydrogens (tertiary/aromatic N) is 3. The van der Waals surface area contributed by atoms with E-state index < -0.39 is 0 Å². The van der Waals surface area contributed by atoms with Crippen molar-refractivity contribution in [3.63, 3.8) is 0 Å². The van der Waals surface area contributed by atoms with Crippen molar-refractivity contribution >= 4 is 17.7 Å². The molecule has 1 unspecified atom stereocenters. The van der Waals surface area contributed by atoms with E-state index in [-0.39, 0.29) is 11.9 Å². The van der Waals surface area contributed by atoms with Gasteiger partial charge in [0.15, 0.2) is 0 Å². The van der Waals surface area contributed by atoms with Crippen molar-refractivity contribution in [3.8, 4) is 5.69 Å². The molecule has 5 nitrogen and oxygen atoms in total. The molecule has 1 N–H and O–H groups in total. The summed E-state index contributed by atoms with van der Waals surface area (Å²) in [5, 5.41) is 7.18. The van der Waals surface area contributed by atoms with E-state index in [0.29, 0.717) is 6.42 Å². The Hall–Kier alpha value is -2.60. The highest BCUT2D eigenvalue weighted by atomic mass is 32.2. The molecule has 3 aromatic rings. The van der Waals surface area contributed by atoms with Crippen molar-refractivity contribution < 1.29 is 4.79 Å². The largest absolute Gasteiger partial charge is 0.350 e. The third-order valence-electron chi connectivity index (χ3n) is 4.53. The monoisotopic (exact) mass is 380 g/mol. The summed E-state index contributed by atoms with van der Waals surface area (Å²) in [5.74, 6) is 0.839. The summed E-state index contributed by atoms with van der Waals surface area (Å²) >= 11 is 1.72. The lowest BCUT2D eigenvalue weighted by Gasteiger charge is -2.15. The van der Waals surface area contributed by atoms with Gasteiger partial charge in [0.2, 0.25) is 5.91 Å². The molecule has 0 aliphatic carbocycles. The van der Waals surface area contributed by atoms with Crippen LogP contribution >= 0.6 is 11.8 Å². The average Bonchev–Trinajstić information content (AvgIpc) is 3.19. The number of benzene rings is 2. The van der Waals surface area contributed by atoms with Gasteiger partial charge in [0, 0.05) is 17.1 Å². The lowest BCUT2D eigenvalue weighted by Crippen LogP contribution is -2.26. The Morgan fingerprint density at radius 1 is 1.15 bits per heavy atom. The molecule has 0 radical (unpaired) electrons. The summed E-state index contributed by atoms with van der Waals surface area (Å²) in [6.45, 7) is 6.22. The summed E-state index contributed by atoms with van der Waals surface area (Å²) in [6.07, 6.45) is 3.67. The van der Waals surface area contributed by atoms with Gasteiger partial charge in [-0.2, -0.15) is 5.10 Å². The zero-order valence-electron chi connectivity index (χ0n) is 15.8. The number of hydrogen-bond acceptors (Lipinski definition) is 4. The van der Waals surface area contributed by atoms with Crippen LogP contribution in [0.25, 0.3) is 5.69 Å². The first-order valence-electron chi connectivity index (χ1n) is 8.97. The van der Waals surface area contributed by atoms with Gasteiger partial charge in [-0.15, -0.1) is 11.8 Å². The molecule has 2 aromatic carbocycles. The molecule has 1 amide bonds. The first-order valence-corrected chi connectivity index (χ1v) is 9.96. The number of thioether (sulfide) groups is 1. The summed E-state index contributed by atoms with van der Waals surface area (Å²) in [6, 6.07) is 14.3. The molecule has 0 aliphatic heterocycles. The van der Waals surface area contributed by atoms with E-state index in [1.807, 2.05) is 31.2 Å². The van der Waals surface area contributed by atoms with E-state index in [1.54, 1.807) is 22.8 Å². The lowest BCUT2D eigenvalue weighted by atomic mass is 10.1. The molecule has 0 saturated carbocycles. The number of hydrogen-bond donors (Lipinski definition) is 1. The molecule has 140 valence electrons. The van der Waals surface area contributed by atoms with Gasteiger partial charge in [0.25, 0.3) is 0 Å². The number of carbonyl (C=O) groups is 1. The van der Waals surface area contributed by atoms with Gasteiger partial charge in [0.05, 0.1) is 11.7 Å². The molecule has 0 bridgehead atoms. The SMILES string of the molecule is Cc1ccc(SCCC(=O)NC(C)c2ccc(-n3cncn3)cc2)cc1C. The van der Waals surface area contributed by atoms with Gasteiger partial charge >= 0.3 is 0 Å². The predicted molar refractivity (Wildman–Crippen MR) is 109 cm³/mol. The Morgan fingerprint density at radius 2 is 1.93 bits per heavy atom. The summed E-state index contributed by atoms with van der Waals surface area (Å²) < 4.78 is 1.71. The zero-order chi connectivity index (χ0) is 19.2. The van der Waals surface area contributed by atoms with Gasteiger partial charge < -0.3 is 5.32 Å². The van der Waals surface area contributed by atoms with Gasteiger partial charge in [0.1, 0.15) is 12.7 Å². The van der Waals surface area contributed by atoms with Gasteiger partial charge in [-0.3, -0.25) is 4.79 Å². The molecule has 27 heavy (non-hydrogen) atoms. The fourth-order valence-electron chi connectivity index (χ4n) is 2.72. The van der Waals surface area contributed by atoms with Gasteiger partial charge in [-0.25, -0.2) is 9.67 Å². The van der Waals surface area contributed by atoms with E-state index >= 15 is 0 Å². The van der Waals surface area contributed by atoms with Crippen LogP contribution in [0.1, 0.15) is 36.1 Å². The highest BCUT2D eigenvalue weighted by Crippen LogP contribution is 2.22. The number of rotatable bonds is 7. The molecule has 1 aromatic heterocycles. The Morgan fingerprint density at radius 3 is 2.59 bits per heavy atom. The van der Waals surface area contributed by atoms with Crippen LogP contribution in [0.3, 0.4) is 0 Å². The molecule has 1 heterocycles. The maximum Gasteiger partial charge on any atom is 0.221 e. The Balaban J connectivity index is 1.47. The number of amides is 1. The normalized spacial score (nSPS) is 12.0. The zero-order valence-corrected chi connectivity index (χ0v) is 16.7. The van der Waals surface area contributed by atoms with Crippen LogP contribution in [0.5, 0.6) is 0 Å². The minimum Gasteiger partial charge on any atom is -0.350 e. The van der Waals surface area contributed by atoms with Crippen LogP contribution in [0.2, 0.25) is 0 Å². The summed E-state index contributed by atoms with van der Waals surface area (Å²) in [5.41, 5.74) is 4.58. The van der Waals surface area contributed by atoms with Crippen molar-refractivity contribution in [2.45, 2.75) is 38.1 Å². The lowest BCUT2D eigenvalue weighted by molar-refractivity contribution is -0.121. The number of aromatic nitrogens is 3. The Bertz CT molecular complexity index is 891. The maximum atomic E-state index is 12.2. The Kier molecular flexibility index (Phi) is 6.29. The molecule has 1 atom stereocenters. The van der Waals surface area contributed by atoms with E-state index in [9.17, 15) is 4.79 Å². The first-order chi connectivity index (χ1) is 13.0. The topological polar surface area (TPSA) is 59.8 Å². The first kappa shape index (κ1) is 19.2. The van der Waals surface area contributed by atoms with Crippen molar-refractivity contribution in [1.29, 1.82) is 0 Å². The second-order valence-corrected chi connectivity index (χ2v) is 7.73. The number of nitrogens with one attached hydrogen (secondary N) is 1. The molecule has 6 heteroatoms. The smallest absolute Gasteiger partial charge is 0.221 e. The fourth-order valence-corrected chi connectivity index (χ4v) is 3.67. The third-order valence-corrected chi connectivity index (χ3v) is 5.53. The number of carbonyl (C=O) groups excluding carboxylic acids is 1. The third kappa shape index (κ3) is 5.20. The van der Waals surface area contributed by atoms with E-state index in [4.69, 9.17) is 0 Å². The minimum atomic E-state index is -0.0334. The van der Waals surface area contributed by atoms with E-state index in [0.717, 1.165) is 17.0 Å². The molecule has 3 rings (SSSR count). The van der Waals surface area contributed by atoms with Crippen LogP contribution in [-0.4, -0.2) is 26.4 Å². The summed E-state index contributed by atoms with van der Waals surface area (Å²) in [4.78, 5) is 17.4.